The maximum Gasteiger partial charge on any atom is 0.522 e. The fourth-order valence-electron chi connectivity index (χ4n) is 1.19. The summed E-state index contributed by atoms with van der Waals surface area (Å²) in [6.45, 7) is 0.133. The summed E-state index contributed by atoms with van der Waals surface area (Å²) in [5.74, 6) is -1.19. The van der Waals surface area contributed by atoms with Crippen LogP contribution < -0.4 is 4.74 Å². The Balaban J connectivity index is 2.49. The lowest BCUT2D eigenvalue weighted by atomic mass is 10.1. The number of Topliss-reactive ketones (excluding diaryl/α,β-unsaturated/α-hetero) is 1. The first kappa shape index (κ1) is 14.4. The molecule has 0 saturated heterocycles. The lowest BCUT2D eigenvalue weighted by molar-refractivity contribution is -0.325. The number of carbonyl (C=O) groups excluding carboxylic acids is 1. The average Bonchev–Trinajstić information content (AvgIpc) is 2.22. The van der Waals surface area contributed by atoms with E-state index in [1.807, 2.05) is 0 Å². The van der Waals surface area contributed by atoms with E-state index >= 15 is 0 Å². The Morgan fingerprint density at radius 2 is 1.94 bits per heavy atom. The summed E-state index contributed by atoms with van der Waals surface area (Å²) < 4.78 is 56.4. The van der Waals surface area contributed by atoms with E-state index in [1.54, 1.807) is 0 Å². The number of carbonyl (C=O) groups is 1. The first-order valence-electron chi connectivity index (χ1n) is 4.93. The fraction of sp³-hybridized carbons (Fsp3) is 0.364. The van der Waals surface area contributed by atoms with Crippen molar-refractivity contribution >= 4 is 5.78 Å². The van der Waals surface area contributed by atoms with Crippen molar-refractivity contribution in [2.24, 2.45) is 0 Å². The zero-order valence-corrected chi connectivity index (χ0v) is 9.38. The zero-order valence-electron chi connectivity index (χ0n) is 9.38. The van der Waals surface area contributed by atoms with Crippen LogP contribution >= 0.6 is 0 Å². The average molecular weight is 266 g/mol. The molecule has 3 nitrogen and oxygen atoms in total. The highest BCUT2D eigenvalue weighted by molar-refractivity contribution is 5.94. The molecule has 0 spiro atoms. The van der Waals surface area contributed by atoms with Crippen molar-refractivity contribution in [1.29, 1.82) is 0 Å². The molecule has 7 heteroatoms. The van der Waals surface area contributed by atoms with Gasteiger partial charge in [0.1, 0.15) is 18.2 Å². The highest BCUT2D eigenvalue weighted by atomic mass is 19.4. The number of hydrogen-bond donors (Lipinski definition) is 0. The molecule has 0 amide bonds. The van der Waals surface area contributed by atoms with Crippen LogP contribution in [0.1, 0.15) is 17.3 Å². The normalized spacial score (nSPS) is 11.4. The minimum Gasteiger partial charge on any atom is -0.491 e. The SMILES string of the molecule is CC(=O)c1ccc(OCCOC(F)(F)F)cc1F. The summed E-state index contributed by atoms with van der Waals surface area (Å²) in [4.78, 5) is 10.9. The number of halogens is 4. The monoisotopic (exact) mass is 266 g/mol. The summed E-state index contributed by atoms with van der Waals surface area (Å²) in [6, 6.07) is 3.44. The van der Waals surface area contributed by atoms with Gasteiger partial charge in [-0.25, -0.2) is 4.39 Å². The second kappa shape index (κ2) is 5.81. The molecular weight excluding hydrogens is 256 g/mol. The van der Waals surface area contributed by atoms with E-state index in [-0.39, 0.29) is 17.9 Å². The highest BCUT2D eigenvalue weighted by Crippen LogP contribution is 2.18. The zero-order chi connectivity index (χ0) is 13.8. The van der Waals surface area contributed by atoms with Crippen LogP contribution in [-0.4, -0.2) is 25.4 Å². The molecule has 0 aromatic heterocycles. The van der Waals surface area contributed by atoms with Crippen LogP contribution in [0.3, 0.4) is 0 Å². The molecule has 1 aromatic rings. The maximum atomic E-state index is 13.3. The molecule has 0 aliphatic heterocycles. The number of ketones is 1. The molecule has 0 heterocycles. The molecule has 18 heavy (non-hydrogen) atoms. The summed E-state index contributed by atoms with van der Waals surface area (Å²) in [6.07, 6.45) is -4.72. The molecule has 0 N–H and O–H groups in total. The number of rotatable bonds is 5. The number of alkyl halides is 3. The Morgan fingerprint density at radius 3 is 2.44 bits per heavy atom. The minimum atomic E-state index is -4.72. The van der Waals surface area contributed by atoms with Crippen LogP contribution in [0.2, 0.25) is 0 Å². The number of ether oxygens (including phenoxy) is 2. The summed E-state index contributed by atoms with van der Waals surface area (Å²) in [5, 5.41) is 0. The molecule has 100 valence electrons. The molecule has 0 saturated carbocycles. The Morgan fingerprint density at radius 1 is 1.28 bits per heavy atom. The molecule has 1 aromatic carbocycles. The van der Waals surface area contributed by atoms with Crippen molar-refractivity contribution in [3.63, 3.8) is 0 Å². The van der Waals surface area contributed by atoms with E-state index in [0.29, 0.717) is 0 Å². The van der Waals surface area contributed by atoms with Crippen molar-refractivity contribution in [2.75, 3.05) is 13.2 Å². The van der Waals surface area contributed by atoms with Gasteiger partial charge in [0.25, 0.3) is 0 Å². The molecule has 0 radical (unpaired) electrons. The van der Waals surface area contributed by atoms with Crippen molar-refractivity contribution in [3.05, 3.63) is 29.6 Å². The highest BCUT2D eigenvalue weighted by Gasteiger charge is 2.28. The fourth-order valence-corrected chi connectivity index (χ4v) is 1.19. The van der Waals surface area contributed by atoms with Gasteiger partial charge in [0, 0.05) is 6.07 Å². The molecule has 1 rings (SSSR count). The van der Waals surface area contributed by atoms with Gasteiger partial charge in [-0.3, -0.25) is 9.53 Å². The van der Waals surface area contributed by atoms with Crippen LogP contribution in [0.25, 0.3) is 0 Å². The quantitative estimate of drug-likeness (QED) is 0.467. The van der Waals surface area contributed by atoms with Crippen LogP contribution in [0.4, 0.5) is 17.6 Å². The topological polar surface area (TPSA) is 35.5 Å². The molecule has 0 fully saturated rings. The third-order valence-electron chi connectivity index (χ3n) is 1.94. The number of hydrogen-bond acceptors (Lipinski definition) is 3. The summed E-state index contributed by atoms with van der Waals surface area (Å²) in [7, 11) is 0. The second-order valence-corrected chi connectivity index (χ2v) is 3.34. The largest absolute Gasteiger partial charge is 0.522 e. The molecular formula is C11H10F4O3. The van der Waals surface area contributed by atoms with E-state index in [1.165, 1.54) is 19.1 Å². The molecule has 0 aliphatic rings. The van der Waals surface area contributed by atoms with E-state index in [9.17, 15) is 22.4 Å². The Bertz CT molecular complexity index is 429. The maximum absolute atomic E-state index is 13.3. The van der Waals surface area contributed by atoms with Crippen molar-refractivity contribution in [3.8, 4) is 5.75 Å². The lowest BCUT2D eigenvalue weighted by Gasteiger charge is -2.09. The smallest absolute Gasteiger partial charge is 0.491 e. The first-order valence-corrected chi connectivity index (χ1v) is 4.93. The van der Waals surface area contributed by atoms with Gasteiger partial charge < -0.3 is 4.74 Å². The van der Waals surface area contributed by atoms with Gasteiger partial charge in [-0.05, 0) is 19.1 Å². The Labute approximate surface area is 100 Å². The van der Waals surface area contributed by atoms with E-state index in [4.69, 9.17) is 4.74 Å². The van der Waals surface area contributed by atoms with E-state index in [0.717, 1.165) is 6.07 Å². The Hall–Kier alpha value is -1.63. The lowest BCUT2D eigenvalue weighted by Crippen LogP contribution is -2.18. The van der Waals surface area contributed by atoms with Gasteiger partial charge in [0.05, 0.1) is 12.2 Å². The molecule has 0 aliphatic carbocycles. The van der Waals surface area contributed by atoms with Gasteiger partial charge >= 0.3 is 6.36 Å². The van der Waals surface area contributed by atoms with Gasteiger partial charge in [-0.2, -0.15) is 0 Å². The predicted molar refractivity (Wildman–Crippen MR) is 53.9 cm³/mol. The van der Waals surface area contributed by atoms with Gasteiger partial charge in [-0.1, -0.05) is 0 Å². The van der Waals surface area contributed by atoms with Gasteiger partial charge in [-0.15, -0.1) is 13.2 Å². The van der Waals surface area contributed by atoms with Crippen LogP contribution in [0.5, 0.6) is 5.75 Å². The summed E-state index contributed by atoms with van der Waals surface area (Å²) >= 11 is 0. The predicted octanol–water partition coefficient (Wildman–Crippen LogP) is 2.94. The van der Waals surface area contributed by atoms with Gasteiger partial charge in [0.2, 0.25) is 0 Å². The van der Waals surface area contributed by atoms with Crippen molar-refractivity contribution in [1.82, 2.24) is 0 Å². The molecule has 0 unspecified atom stereocenters. The number of benzene rings is 1. The third kappa shape index (κ3) is 4.70. The second-order valence-electron chi connectivity index (χ2n) is 3.34. The van der Waals surface area contributed by atoms with Crippen LogP contribution in [0, 0.1) is 5.82 Å². The van der Waals surface area contributed by atoms with E-state index < -0.39 is 24.6 Å². The van der Waals surface area contributed by atoms with Crippen LogP contribution in [-0.2, 0) is 4.74 Å². The van der Waals surface area contributed by atoms with Crippen LogP contribution in [0.15, 0.2) is 18.2 Å². The van der Waals surface area contributed by atoms with E-state index in [2.05, 4.69) is 4.74 Å². The minimum absolute atomic E-state index is 0.0308. The molecule has 0 atom stereocenters. The first-order chi connectivity index (χ1) is 8.29. The molecule has 0 bridgehead atoms. The summed E-state index contributed by atoms with van der Waals surface area (Å²) in [5.41, 5.74) is -0.103. The third-order valence-corrected chi connectivity index (χ3v) is 1.94. The van der Waals surface area contributed by atoms with Crippen molar-refractivity contribution in [2.45, 2.75) is 13.3 Å². The Kier molecular flexibility index (Phi) is 4.66. The van der Waals surface area contributed by atoms with Gasteiger partial charge in [0.15, 0.2) is 5.78 Å². The standard InChI is InChI=1S/C11H10F4O3/c1-7(16)9-3-2-8(6-10(9)12)17-4-5-18-11(13,14)15/h2-3,6H,4-5H2,1H3. The van der Waals surface area contributed by atoms with Crippen molar-refractivity contribution < 1.29 is 31.8 Å².